The van der Waals surface area contributed by atoms with Gasteiger partial charge in [0.2, 0.25) is 0 Å². The molecule has 0 saturated carbocycles. The van der Waals surface area contributed by atoms with Crippen LogP contribution in [0.15, 0.2) is 83.8 Å². The van der Waals surface area contributed by atoms with Gasteiger partial charge < -0.3 is 4.74 Å². The molecule has 0 radical (unpaired) electrons. The van der Waals surface area contributed by atoms with E-state index in [2.05, 4.69) is 12.1 Å². The van der Waals surface area contributed by atoms with E-state index in [1.165, 1.54) is 4.90 Å². The van der Waals surface area contributed by atoms with Crippen LogP contribution in [0.2, 0.25) is 15.1 Å². The molecule has 180 valence electrons. The molecule has 4 aromatic rings. The predicted molar refractivity (Wildman–Crippen MR) is 148 cm³/mol. The largest absolute Gasteiger partial charge is 0.486 e. The number of hydrogen-bond acceptors (Lipinski definition) is 4. The standard InChI is InChI=1S/C28H18Cl3NO3S/c29-22-9-6-17(7-10-22)15-32-27(33)25(36-28(32)34)14-19-12-23(30)26(24(31)13-19)35-16-18-5-8-20-3-1-2-4-21(20)11-18/h1-14H,15-16H2/b25-14-. The minimum atomic E-state index is -0.371. The lowest BCUT2D eigenvalue weighted by atomic mass is 10.1. The van der Waals surface area contributed by atoms with E-state index in [9.17, 15) is 9.59 Å². The van der Waals surface area contributed by atoms with Crippen LogP contribution in [-0.4, -0.2) is 16.0 Å². The van der Waals surface area contributed by atoms with Crippen molar-refractivity contribution in [3.63, 3.8) is 0 Å². The maximum atomic E-state index is 12.9. The summed E-state index contributed by atoms with van der Waals surface area (Å²) >= 11 is 19.7. The van der Waals surface area contributed by atoms with Gasteiger partial charge in [0.15, 0.2) is 5.75 Å². The molecule has 0 bridgehead atoms. The van der Waals surface area contributed by atoms with E-state index in [4.69, 9.17) is 39.5 Å². The zero-order chi connectivity index (χ0) is 25.2. The topological polar surface area (TPSA) is 46.6 Å². The number of carbonyl (C=O) groups is 2. The fourth-order valence-corrected chi connectivity index (χ4v) is 5.42. The van der Waals surface area contributed by atoms with E-state index in [0.29, 0.717) is 37.9 Å². The van der Waals surface area contributed by atoms with Crippen molar-refractivity contribution in [3.8, 4) is 5.75 Å². The number of rotatable bonds is 6. The van der Waals surface area contributed by atoms with E-state index >= 15 is 0 Å². The molecule has 1 heterocycles. The fraction of sp³-hybridized carbons (Fsp3) is 0.0714. The summed E-state index contributed by atoms with van der Waals surface area (Å²) in [7, 11) is 0. The summed E-state index contributed by atoms with van der Waals surface area (Å²) in [6.45, 7) is 0.468. The van der Waals surface area contributed by atoms with Crippen LogP contribution in [0.5, 0.6) is 5.75 Å². The third kappa shape index (κ3) is 5.40. The highest BCUT2D eigenvalue weighted by molar-refractivity contribution is 8.18. The number of hydrogen-bond donors (Lipinski definition) is 0. The molecule has 0 aromatic heterocycles. The Hall–Kier alpha value is -2.96. The highest BCUT2D eigenvalue weighted by atomic mass is 35.5. The Morgan fingerprint density at radius 3 is 2.19 bits per heavy atom. The number of thioether (sulfide) groups is 1. The minimum absolute atomic E-state index is 0.169. The number of benzene rings is 4. The van der Waals surface area contributed by atoms with Gasteiger partial charge in [0.25, 0.3) is 11.1 Å². The van der Waals surface area contributed by atoms with E-state index < -0.39 is 0 Å². The second kappa shape index (κ2) is 10.6. The summed E-state index contributed by atoms with van der Waals surface area (Å²) in [5.74, 6) is -0.0108. The summed E-state index contributed by atoms with van der Waals surface area (Å²) in [6, 6.07) is 24.5. The Morgan fingerprint density at radius 2 is 1.47 bits per heavy atom. The van der Waals surface area contributed by atoms with Crippen molar-refractivity contribution in [1.29, 1.82) is 0 Å². The van der Waals surface area contributed by atoms with Gasteiger partial charge in [-0.1, -0.05) is 83.3 Å². The monoisotopic (exact) mass is 553 g/mol. The summed E-state index contributed by atoms with van der Waals surface area (Å²) in [5.41, 5.74) is 2.39. The van der Waals surface area contributed by atoms with Crippen LogP contribution in [0.25, 0.3) is 16.8 Å². The third-order valence-corrected chi connectivity index (χ3v) is 7.36. The molecule has 0 N–H and O–H groups in total. The van der Waals surface area contributed by atoms with Gasteiger partial charge in [-0.3, -0.25) is 14.5 Å². The number of imide groups is 1. The Balaban J connectivity index is 1.31. The van der Waals surface area contributed by atoms with Gasteiger partial charge >= 0.3 is 0 Å². The molecular weight excluding hydrogens is 537 g/mol. The van der Waals surface area contributed by atoms with Crippen molar-refractivity contribution in [1.82, 2.24) is 4.90 Å². The van der Waals surface area contributed by atoms with Crippen LogP contribution in [-0.2, 0) is 17.9 Å². The van der Waals surface area contributed by atoms with Crippen molar-refractivity contribution in [2.45, 2.75) is 13.2 Å². The molecule has 1 saturated heterocycles. The average Bonchev–Trinajstić information content (AvgIpc) is 3.12. The SMILES string of the molecule is O=C1S/C(=C\c2cc(Cl)c(OCc3ccc4ccccc4c3)c(Cl)c2)C(=O)N1Cc1ccc(Cl)cc1. The first kappa shape index (κ1) is 24.7. The van der Waals surface area contributed by atoms with Crippen molar-refractivity contribution in [3.05, 3.63) is 116 Å². The van der Waals surface area contributed by atoms with Crippen LogP contribution < -0.4 is 4.74 Å². The quantitative estimate of drug-likeness (QED) is 0.224. The first-order valence-electron chi connectivity index (χ1n) is 11.0. The van der Waals surface area contributed by atoms with Crippen molar-refractivity contribution < 1.29 is 14.3 Å². The maximum Gasteiger partial charge on any atom is 0.293 e. The summed E-state index contributed by atoms with van der Waals surface area (Å²) in [6.07, 6.45) is 1.61. The summed E-state index contributed by atoms with van der Waals surface area (Å²) in [4.78, 5) is 26.9. The molecule has 4 nitrogen and oxygen atoms in total. The smallest absolute Gasteiger partial charge is 0.293 e. The minimum Gasteiger partial charge on any atom is -0.486 e. The molecule has 0 unspecified atom stereocenters. The Labute approximate surface area is 227 Å². The van der Waals surface area contributed by atoms with Crippen LogP contribution in [0.3, 0.4) is 0 Å². The lowest BCUT2D eigenvalue weighted by molar-refractivity contribution is -0.123. The van der Waals surface area contributed by atoms with Gasteiger partial charge in [-0.15, -0.1) is 0 Å². The van der Waals surface area contributed by atoms with Gasteiger partial charge in [-0.25, -0.2) is 0 Å². The van der Waals surface area contributed by atoms with Gasteiger partial charge in [-0.05, 0) is 75.6 Å². The van der Waals surface area contributed by atoms with E-state index in [0.717, 1.165) is 33.7 Å². The van der Waals surface area contributed by atoms with Crippen LogP contribution >= 0.6 is 46.6 Å². The molecule has 1 aliphatic heterocycles. The van der Waals surface area contributed by atoms with Crippen molar-refractivity contribution in [2.24, 2.45) is 0 Å². The Kier molecular flexibility index (Phi) is 7.26. The highest BCUT2D eigenvalue weighted by Gasteiger charge is 2.35. The molecule has 1 fully saturated rings. The Bertz CT molecular complexity index is 1500. The molecule has 0 atom stereocenters. The average molecular weight is 555 g/mol. The number of carbonyl (C=O) groups excluding carboxylic acids is 2. The van der Waals surface area contributed by atoms with E-state index in [-0.39, 0.29) is 17.7 Å². The van der Waals surface area contributed by atoms with Gasteiger partial charge in [-0.2, -0.15) is 0 Å². The summed E-state index contributed by atoms with van der Waals surface area (Å²) in [5, 5.41) is 3.15. The molecule has 2 amide bonds. The lowest BCUT2D eigenvalue weighted by Crippen LogP contribution is -2.27. The van der Waals surface area contributed by atoms with Gasteiger partial charge in [0.05, 0.1) is 21.5 Å². The van der Waals surface area contributed by atoms with Crippen LogP contribution in [0, 0.1) is 0 Å². The zero-order valence-corrected chi connectivity index (χ0v) is 21.8. The van der Waals surface area contributed by atoms with E-state index in [1.807, 2.05) is 30.3 Å². The molecule has 5 rings (SSSR count). The first-order valence-corrected chi connectivity index (χ1v) is 12.9. The first-order chi connectivity index (χ1) is 17.4. The summed E-state index contributed by atoms with van der Waals surface area (Å²) < 4.78 is 5.93. The van der Waals surface area contributed by atoms with Crippen LogP contribution in [0.1, 0.15) is 16.7 Å². The number of amides is 2. The number of ether oxygens (including phenoxy) is 1. The molecule has 8 heteroatoms. The van der Waals surface area contributed by atoms with Crippen molar-refractivity contribution in [2.75, 3.05) is 0 Å². The molecule has 36 heavy (non-hydrogen) atoms. The second-order valence-electron chi connectivity index (χ2n) is 8.18. The lowest BCUT2D eigenvalue weighted by Gasteiger charge is -2.13. The molecule has 1 aliphatic rings. The second-order valence-corrected chi connectivity index (χ2v) is 10.4. The zero-order valence-electron chi connectivity index (χ0n) is 18.7. The van der Waals surface area contributed by atoms with Gasteiger partial charge in [0.1, 0.15) is 6.61 Å². The van der Waals surface area contributed by atoms with Crippen molar-refractivity contribution >= 4 is 74.6 Å². The predicted octanol–water partition coefficient (Wildman–Crippen LogP) is 8.62. The molecule has 0 spiro atoms. The number of nitrogens with zero attached hydrogens (tertiary/aromatic N) is 1. The Morgan fingerprint density at radius 1 is 0.806 bits per heavy atom. The van der Waals surface area contributed by atoms with E-state index in [1.54, 1.807) is 42.5 Å². The highest BCUT2D eigenvalue weighted by Crippen LogP contribution is 2.38. The van der Waals surface area contributed by atoms with Gasteiger partial charge in [0, 0.05) is 5.02 Å². The molecule has 0 aliphatic carbocycles. The third-order valence-electron chi connectivity index (χ3n) is 5.64. The molecule has 4 aromatic carbocycles. The fourth-order valence-electron chi connectivity index (χ4n) is 3.84. The molecular formula is C28H18Cl3NO3S. The normalized spacial score (nSPS) is 14.8. The number of halogens is 3. The maximum absolute atomic E-state index is 12.9. The van der Waals surface area contributed by atoms with Crippen LogP contribution in [0.4, 0.5) is 4.79 Å². The number of fused-ring (bicyclic) bond motifs is 1.